The van der Waals surface area contributed by atoms with E-state index in [1.54, 1.807) is 39.8 Å². The largest absolute Gasteiger partial charge is 0.326 e. The normalized spacial score (nSPS) is 15.7. The first kappa shape index (κ1) is 22.5. The van der Waals surface area contributed by atoms with Crippen LogP contribution in [0.3, 0.4) is 0 Å². The molecule has 0 bridgehead atoms. The molecular formula is C26H25FN5OS2+. The number of rotatable bonds is 6. The predicted octanol–water partition coefficient (Wildman–Crippen LogP) is 3.70. The summed E-state index contributed by atoms with van der Waals surface area (Å²) in [5.74, 6) is 0.986. The zero-order valence-electron chi connectivity index (χ0n) is 19.3. The Morgan fingerprint density at radius 1 is 1.09 bits per heavy atom. The van der Waals surface area contributed by atoms with Crippen molar-refractivity contribution < 1.29 is 9.29 Å². The van der Waals surface area contributed by atoms with Crippen LogP contribution in [0.25, 0.3) is 16.0 Å². The highest BCUT2D eigenvalue weighted by atomic mass is 32.2. The van der Waals surface area contributed by atoms with Gasteiger partial charge in [-0.25, -0.2) is 8.79 Å². The second kappa shape index (κ2) is 9.22. The average molecular weight is 507 g/mol. The summed E-state index contributed by atoms with van der Waals surface area (Å²) >= 11 is 3.26. The van der Waals surface area contributed by atoms with Crippen LogP contribution in [-0.4, -0.2) is 25.7 Å². The van der Waals surface area contributed by atoms with Crippen molar-refractivity contribution in [2.45, 2.75) is 43.9 Å². The van der Waals surface area contributed by atoms with E-state index in [-0.39, 0.29) is 11.4 Å². The zero-order valence-corrected chi connectivity index (χ0v) is 21.0. The molecule has 0 saturated carbocycles. The Morgan fingerprint density at radius 3 is 2.66 bits per heavy atom. The van der Waals surface area contributed by atoms with Gasteiger partial charge in [0.25, 0.3) is 5.56 Å². The van der Waals surface area contributed by atoms with Crippen LogP contribution < -0.4 is 10.5 Å². The van der Waals surface area contributed by atoms with E-state index in [0.717, 1.165) is 47.0 Å². The summed E-state index contributed by atoms with van der Waals surface area (Å²) in [7, 11) is 0. The summed E-state index contributed by atoms with van der Waals surface area (Å²) in [6.07, 6.45) is 0.891. The number of aromatic nitrogens is 4. The van der Waals surface area contributed by atoms with Gasteiger partial charge in [-0.3, -0.25) is 9.36 Å². The van der Waals surface area contributed by atoms with Gasteiger partial charge in [-0.2, -0.15) is 0 Å². The van der Waals surface area contributed by atoms with Gasteiger partial charge in [0.05, 0.1) is 16.8 Å². The summed E-state index contributed by atoms with van der Waals surface area (Å²) in [4.78, 5) is 17.3. The molecule has 0 amide bonds. The number of aryl methyl sites for hydroxylation is 1. The van der Waals surface area contributed by atoms with Crippen LogP contribution in [0, 0.1) is 5.82 Å². The molecule has 9 heteroatoms. The maximum atomic E-state index is 13.5. The minimum Gasteiger partial charge on any atom is -0.326 e. The topological polar surface area (TPSA) is 56.6 Å². The van der Waals surface area contributed by atoms with Crippen LogP contribution in [0.5, 0.6) is 0 Å². The summed E-state index contributed by atoms with van der Waals surface area (Å²) in [6, 6.07) is 17.1. The summed E-state index contributed by atoms with van der Waals surface area (Å²) in [6.45, 7) is 5.41. The van der Waals surface area contributed by atoms with E-state index in [1.807, 2.05) is 17.4 Å². The molecule has 1 atom stereocenters. The lowest BCUT2D eigenvalue weighted by atomic mass is 10.0. The fraction of sp³-hybridized carbons (Fsp3) is 0.269. The lowest BCUT2D eigenvalue weighted by molar-refractivity contribution is -0.929. The number of halogens is 1. The van der Waals surface area contributed by atoms with Gasteiger partial charge in [0, 0.05) is 24.3 Å². The van der Waals surface area contributed by atoms with Crippen LogP contribution in [0.15, 0.2) is 64.5 Å². The van der Waals surface area contributed by atoms with Crippen molar-refractivity contribution in [2.75, 3.05) is 6.54 Å². The van der Waals surface area contributed by atoms with E-state index < -0.39 is 0 Å². The van der Waals surface area contributed by atoms with Crippen molar-refractivity contribution in [2.24, 2.45) is 0 Å². The number of nitrogens with zero attached hydrogens (tertiary/aromatic N) is 4. The quantitative estimate of drug-likeness (QED) is 0.357. The molecule has 0 fully saturated rings. The first-order valence-electron chi connectivity index (χ1n) is 11.8. The Balaban J connectivity index is 1.40. The van der Waals surface area contributed by atoms with E-state index in [0.29, 0.717) is 18.1 Å². The fourth-order valence-corrected chi connectivity index (χ4v) is 7.24. The molecule has 6 nitrogen and oxygen atoms in total. The number of hydrogen-bond donors (Lipinski definition) is 1. The average Bonchev–Trinajstić information content (AvgIpc) is 3.46. The van der Waals surface area contributed by atoms with Gasteiger partial charge >= 0.3 is 0 Å². The van der Waals surface area contributed by atoms with Crippen LogP contribution in [0.4, 0.5) is 4.39 Å². The molecule has 2 aromatic carbocycles. The highest BCUT2D eigenvalue weighted by Gasteiger charge is 2.28. The summed E-state index contributed by atoms with van der Waals surface area (Å²) < 4.78 is 17.1. The molecule has 0 spiro atoms. The van der Waals surface area contributed by atoms with Gasteiger partial charge < -0.3 is 4.90 Å². The third-order valence-corrected chi connectivity index (χ3v) is 8.84. The van der Waals surface area contributed by atoms with E-state index >= 15 is 0 Å². The Kier molecular flexibility index (Phi) is 5.91. The fourth-order valence-electron chi connectivity index (χ4n) is 4.88. The van der Waals surface area contributed by atoms with Gasteiger partial charge in [0.2, 0.25) is 5.78 Å². The minimum atomic E-state index is -0.243. The van der Waals surface area contributed by atoms with Crippen LogP contribution in [0.2, 0.25) is 0 Å². The third kappa shape index (κ3) is 4.07. The van der Waals surface area contributed by atoms with Gasteiger partial charge in [0.15, 0.2) is 5.16 Å². The van der Waals surface area contributed by atoms with Gasteiger partial charge in [0.1, 0.15) is 23.7 Å². The Labute approximate surface area is 210 Å². The second-order valence-electron chi connectivity index (χ2n) is 8.86. The molecule has 1 aliphatic heterocycles. The third-order valence-electron chi connectivity index (χ3n) is 6.63. The van der Waals surface area contributed by atoms with Gasteiger partial charge in [-0.15, -0.1) is 21.5 Å². The molecule has 0 radical (unpaired) electrons. The Bertz CT molecular complexity index is 1570. The minimum absolute atomic E-state index is 0.0292. The Morgan fingerprint density at radius 2 is 1.89 bits per heavy atom. The molecule has 0 aliphatic carbocycles. The first-order valence-corrected chi connectivity index (χ1v) is 13.6. The SMILES string of the molecule is CCn1c(=O)c2c3c(sc2n2c(SCc4ccc(F)cc4)nnc12)C[NH+](Cc1ccccc1)CC3. The molecule has 1 N–H and O–H groups in total. The number of benzene rings is 2. The number of quaternary nitrogens is 1. The Hall–Kier alpha value is -3.01. The summed E-state index contributed by atoms with van der Waals surface area (Å²) in [5.41, 5.74) is 3.57. The van der Waals surface area contributed by atoms with Crippen molar-refractivity contribution in [3.05, 3.63) is 92.3 Å². The number of hydrogen-bond acceptors (Lipinski definition) is 5. The van der Waals surface area contributed by atoms with Gasteiger partial charge in [-0.1, -0.05) is 54.2 Å². The standard InChI is InChI=1S/C26H24FN5OS2/c1-2-31-23(33)22-20-12-13-30(14-17-6-4-3-5-7-17)15-21(20)35-24(22)32-25(31)28-29-26(32)34-16-18-8-10-19(27)11-9-18/h3-11H,2,12-16H2,1H3/p+1. The molecule has 4 heterocycles. The molecule has 3 aromatic heterocycles. The molecule has 1 aliphatic rings. The lowest BCUT2D eigenvalue weighted by Gasteiger charge is -2.23. The van der Waals surface area contributed by atoms with Crippen molar-refractivity contribution in [1.82, 2.24) is 19.2 Å². The number of nitrogens with one attached hydrogen (secondary N) is 1. The van der Waals surface area contributed by atoms with E-state index in [4.69, 9.17) is 0 Å². The van der Waals surface area contributed by atoms with Crippen molar-refractivity contribution in [3.63, 3.8) is 0 Å². The van der Waals surface area contributed by atoms with Crippen LogP contribution in [0.1, 0.15) is 28.5 Å². The maximum Gasteiger partial charge on any atom is 0.263 e. The maximum absolute atomic E-state index is 13.5. The second-order valence-corrected chi connectivity index (χ2v) is 10.9. The van der Waals surface area contributed by atoms with E-state index in [9.17, 15) is 9.18 Å². The first-order chi connectivity index (χ1) is 17.1. The molecule has 6 rings (SSSR count). The number of thioether (sulfide) groups is 1. The zero-order chi connectivity index (χ0) is 23.9. The lowest BCUT2D eigenvalue weighted by Crippen LogP contribution is -3.10. The van der Waals surface area contributed by atoms with E-state index in [2.05, 4.69) is 34.5 Å². The molecule has 5 aromatic rings. The molecule has 0 saturated heterocycles. The smallest absolute Gasteiger partial charge is 0.263 e. The number of thiophene rings is 1. The predicted molar refractivity (Wildman–Crippen MR) is 138 cm³/mol. The molecular weight excluding hydrogens is 481 g/mol. The van der Waals surface area contributed by atoms with E-state index in [1.165, 1.54) is 33.0 Å². The van der Waals surface area contributed by atoms with Crippen molar-refractivity contribution in [3.8, 4) is 0 Å². The van der Waals surface area contributed by atoms with Crippen molar-refractivity contribution in [1.29, 1.82) is 0 Å². The number of fused-ring (bicyclic) bond motifs is 5. The van der Waals surface area contributed by atoms with Gasteiger partial charge in [-0.05, 0) is 30.2 Å². The summed E-state index contributed by atoms with van der Waals surface area (Å²) in [5, 5.41) is 10.4. The molecule has 1 unspecified atom stereocenters. The van der Waals surface area contributed by atoms with Crippen molar-refractivity contribution >= 4 is 39.1 Å². The van der Waals surface area contributed by atoms with Crippen LogP contribution in [-0.2, 0) is 31.8 Å². The van der Waals surface area contributed by atoms with Crippen LogP contribution >= 0.6 is 23.1 Å². The molecule has 178 valence electrons. The molecule has 35 heavy (non-hydrogen) atoms. The highest BCUT2D eigenvalue weighted by Crippen LogP contribution is 2.33. The highest BCUT2D eigenvalue weighted by molar-refractivity contribution is 7.98. The monoisotopic (exact) mass is 506 g/mol.